The lowest BCUT2D eigenvalue weighted by Crippen LogP contribution is -2.39. The zero-order valence-corrected chi connectivity index (χ0v) is 20.9. The van der Waals surface area contributed by atoms with E-state index in [4.69, 9.17) is 24.4 Å². The third-order valence-electron chi connectivity index (χ3n) is 4.14. The first-order valence-electron chi connectivity index (χ1n) is 9.35. The van der Waals surface area contributed by atoms with Crippen LogP contribution in [-0.2, 0) is 0 Å². The largest absolute Gasteiger partial charge is 0.348 e. The van der Waals surface area contributed by atoms with E-state index < -0.39 is 0 Å². The van der Waals surface area contributed by atoms with Gasteiger partial charge in [-0.1, -0.05) is 12.1 Å². The summed E-state index contributed by atoms with van der Waals surface area (Å²) < 4.78 is 1.16. The summed E-state index contributed by atoms with van der Waals surface area (Å²) in [6.45, 7) is 13.4. The van der Waals surface area contributed by atoms with Gasteiger partial charge in [-0.2, -0.15) is 10.2 Å². The van der Waals surface area contributed by atoms with Gasteiger partial charge in [-0.25, -0.2) is 0 Å². The van der Waals surface area contributed by atoms with Crippen LogP contribution in [0.25, 0.3) is 0 Å². The van der Waals surface area contributed by atoms with Gasteiger partial charge in [0.1, 0.15) is 5.71 Å². The maximum absolute atomic E-state index is 5.44. The van der Waals surface area contributed by atoms with Crippen molar-refractivity contribution in [3.63, 3.8) is 0 Å². The number of hydrogen-bond donors (Lipinski definition) is 2. The van der Waals surface area contributed by atoms with Crippen LogP contribution in [0.3, 0.4) is 0 Å². The highest BCUT2D eigenvalue weighted by molar-refractivity contribution is 14.1. The first kappa shape index (κ1) is 24.7. The summed E-state index contributed by atoms with van der Waals surface area (Å²) in [5.41, 5.74) is 8.35. The zero-order valence-electron chi connectivity index (χ0n) is 17.1. The minimum atomic E-state index is 0.590. The molecule has 0 unspecified atom stereocenters. The average Bonchev–Trinajstić information content (AvgIpc) is 2.69. The van der Waals surface area contributed by atoms with E-state index in [9.17, 15) is 0 Å². The van der Waals surface area contributed by atoms with Crippen molar-refractivity contribution in [3.8, 4) is 0 Å². The molecule has 0 heterocycles. The van der Waals surface area contributed by atoms with E-state index in [1.807, 2.05) is 41.0 Å². The Morgan fingerprint density at radius 3 is 1.71 bits per heavy atom. The lowest BCUT2D eigenvalue weighted by atomic mass is 10.1. The molecular formula is C19H29IN6S2. The van der Waals surface area contributed by atoms with Crippen LogP contribution in [0.1, 0.15) is 40.2 Å². The van der Waals surface area contributed by atoms with Crippen molar-refractivity contribution in [2.45, 2.75) is 34.6 Å². The molecule has 0 amide bonds. The Labute approximate surface area is 193 Å². The fourth-order valence-corrected chi connectivity index (χ4v) is 3.38. The van der Waals surface area contributed by atoms with Crippen LogP contribution in [0.2, 0.25) is 0 Å². The maximum atomic E-state index is 5.44. The van der Waals surface area contributed by atoms with Gasteiger partial charge in [-0.05, 0) is 93.8 Å². The van der Waals surface area contributed by atoms with E-state index in [1.165, 1.54) is 0 Å². The van der Waals surface area contributed by atoms with Crippen molar-refractivity contribution in [2.24, 2.45) is 10.2 Å². The Kier molecular flexibility index (Phi) is 11.5. The molecule has 0 fully saturated rings. The number of hydrazone groups is 2. The topological polar surface area (TPSA) is 55.3 Å². The summed E-state index contributed by atoms with van der Waals surface area (Å²) in [7, 11) is 0. The molecular weight excluding hydrogens is 503 g/mol. The SMILES string of the molecule is CCN(CC)C(=S)NN=C(C)C(=NNC(=S)N(CC)CC)c1ccc(I)cc1. The van der Waals surface area contributed by atoms with Crippen molar-refractivity contribution in [3.05, 3.63) is 33.4 Å². The summed E-state index contributed by atoms with van der Waals surface area (Å²) >= 11 is 13.1. The lowest BCUT2D eigenvalue weighted by Gasteiger charge is -2.21. The van der Waals surface area contributed by atoms with E-state index in [2.05, 4.69) is 71.3 Å². The normalized spacial score (nSPS) is 11.8. The molecule has 0 atom stereocenters. The molecule has 0 aliphatic heterocycles. The molecule has 9 heteroatoms. The molecule has 0 bridgehead atoms. The molecule has 0 aliphatic rings. The number of halogens is 1. The van der Waals surface area contributed by atoms with Gasteiger partial charge < -0.3 is 9.80 Å². The maximum Gasteiger partial charge on any atom is 0.189 e. The molecule has 1 aromatic carbocycles. The van der Waals surface area contributed by atoms with E-state index in [-0.39, 0.29) is 0 Å². The van der Waals surface area contributed by atoms with Gasteiger partial charge in [0.25, 0.3) is 0 Å². The molecule has 0 saturated carbocycles. The highest BCUT2D eigenvalue weighted by Gasteiger charge is 2.11. The third kappa shape index (κ3) is 7.59. The molecule has 0 aliphatic carbocycles. The molecule has 6 nitrogen and oxygen atoms in total. The van der Waals surface area contributed by atoms with Crippen LogP contribution in [-0.4, -0.2) is 57.6 Å². The fourth-order valence-electron chi connectivity index (χ4n) is 2.41. The Balaban J connectivity index is 3.11. The first-order valence-corrected chi connectivity index (χ1v) is 11.2. The second-order valence-corrected chi connectivity index (χ2v) is 7.86. The highest BCUT2D eigenvalue weighted by Crippen LogP contribution is 2.09. The van der Waals surface area contributed by atoms with Crippen LogP contribution < -0.4 is 10.9 Å². The summed E-state index contributed by atoms with van der Waals surface area (Å²) in [5.74, 6) is 0. The van der Waals surface area contributed by atoms with Gasteiger partial charge in [0.2, 0.25) is 0 Å². The minimum absolute atomic E-state index is 0.590. The quantitative estimate of drug-likeness (QED) is 0.230. The van der Waals surface area contributed by atoms with Gasteiger partial charge >= 0.3 is 0 Å². The second kappa shape index (κ2) is 13.0. The Hall–Kier alpha value is -1.33. The summed E-state index contributed by atoms with van der Waals surface area (Å²) in [6, 6.07) is 8.11. The Morgan fingerprint density at radius 1 is 0.857 bits per heavy atom. The average molecular weight is 533 g/mol. The van der Waals surface area contributed by atoms with Gasteiger partial charge in [0, 0.05) is 35.3 Å². The van der Waals surface area contributed by atoms with Crippen molar-refractivity contribution >= 4 is 68.7 Å². The number of hydrogen-bond acceptors (Lipinski definition) is 4. The van der Waals surface area contributed by atoms with Gasteiger partial charge in [0.05, 0.1) is 5.71 Å². The summed E-state index contributed by atoms with van der Waals surface area (Å²) in [4.78, 5) is 4.06. The van der Waals surface area contributed by atoms with Crippen LogP contribution in [0.5, 0.6) is 0 Å². The highest BCUT2D eigenvalue weighted by atomic mass is 127. The van der Waals surface area contributed by atoms with E-state index in [1.54, 1.807) is 0 Å². The summed E-state index contributed by atoms with van der Waals surface area (Å²) in [6.07, 6.45) is 0. The molecule has 0 aromatic heterocycles. The van der Waals surface area contributed by atoms with E-state index in [0.29, 0.717) is 21.6 Å². The standard InChI is InChI=1S/C19H29IN6S2/c1-6-25(7-2)18(27)23-21-14(5)17(15-10-12-16(20)13-11-15)22-24-19(28)26(8-3)9-4/h10-13H,6-9H2,1-5H3,(H,23,27)(H,24,28). The molecule has 2 N–H and O–H groups in total. The number of thiocarbonyl (C=S) groups is 2. The smallest absolute Gasteiger partial charge is 0.189 e. The fraction of sp³-hybridized carbons (Fsp3) is 0.474. The number of benzene rings is 1. The first-order chi connectivity index (χ1) is 13.4. The van der Waals surface area contributed by atoms with Gasteiger partial charge in [-0.3, -0.25) is 10.9 Å². The van der Waals surface area contributed by atoms with Crippen LogP contribution >= 0.6 is 47.0 Å². The molecule has 1 rings (SSSR count). The summed E-state index contributed by atoms with van der Waals surface area (Å²) in [5, 5.41) is 10.2. The molecule has 0 saturated heterocycles. The minimum Gasteiger partial charge on any atom is -0.348 e. The Bertz CT molecular complexity index is 710. The molecule has 154 valence electrons. The third-order valence-corrected chi connectivity index (χ3v) is 5.56. The van der Waals surface area contributed by atoms with Crippen LogP contribution in [0.15, 0.2) is 34.5 Å². The van der Waals surface area contributed by atoms with Gasteiger partial charge in [-0.15, -0.1) is 0 Å². The van der Waals surface area contributed by atoms with Crippen molar-refractivity contribution in [1.29, 1.82) is 0 Å². The van der Waals surface area contributed by atoms with Crippen molar-refractivity contribution in [1.82, 2.24) is 20.7 Å². The van der Waals surface area contributed by atoms with Crippen LogP contribution in [0, 0.1) is 3.57 Å². The van der Waals surface area contributed by atoms with Crippen molar-refractivity contribution < 1.29 is 0 Å². The number of rotatable bonds is 8. The number of nitrogens with one attached hydrogen (secondary N) is 2. The predicted molar refractivity (Wildman–Crippen MR) is 136 cm³/mol. The van der Waals surface area contributed by atoms with Crippen molar-refractivity contribution in [2.75, 3.05) is 26.2 Å². The molecule has 0 spiro atoms. The monoisotopic (exact) mass is 532 g/mol. The molecule has 28 heavy (non-hydrogen) atoms. The van der Waals surface area contributed by atoms with Crippen LogP contribution in [0.4, 0.5) is 0 Å². The second-order valence-electron chi connectivity index (χ2n) is 5.84. The van der Waals surface area contributed by atoms with E-state index in [0.717, 1.165) is 35.3 Å². The predicted octanol–water partition coefficient (Wildman–Crippen LogP) is 3.80. The molecule has 0 radical (unpaired) electrons. The molecule has 1 aromatic rings. The Morgan fingerprint density at radius 2 is 1.29 bits per heavy atom. The lowest BCUT2D eigenvalue weighted by molar-refractivity contribution is 0.457. The zero-order chi connectivity index (χ0) is 21.1. The van der Waals surface area contributed by atoms with Gasteiger partial charge in [0.15, 0.2) is 10.2 Å². The van der Waals surface area contributed by atoms with E-state index >= 15 is 0 Å². The number of nitrogens with zero attached hydrogens (tertiary/aromatic N) is 4.